The molecule has 9 heteroatoms. The minimum absolute atomic E-state index is 0.0411. The van der Waals surface area contributed by atoms with E-state index in [4.69, 9.17) is 11.6 Å². The first kappa shape index (κ1) is 25.0. The standard InChI is InChI=1S/C26H32ClN5O3/c1-3-4-13-22-25(34)30(16-20-11-8-12-21(27)14-20)17-23-31(22)24(33)18-29(2)32(23)26(35)28-15-19-9-6-5-7-10-19/h5-12,14,22-23H,3-4,13,15-18H2,1-2H3,(H,28,35)/t22-,23-/m0/s1. The third-order valence-electron chi connectivity index (χ3n) is 6.53. The van der Waals surface area contributed by atoms with Gasteiger partial charge in [0.2, 0.25) is 11.8 Å². The highest BCUT2D eigenvalue weighted by Gasteiger charge is 2.50. The van der Waals surface area contributed by atoms with E-state index in [9.17, 15) is 14.4 Å². The molecule has 1 N–H and O–H groups in total. The van der Waals surface area contributed by atoms with E-state index in [0.29, 0.717) is 24.5 Å². The van der Waals surface area contributed by atoms with E-state index < -0.39 is 12.2 Å². The van der Waals surface area contributed by atoms with Crippen LogP contribution in [0, 0.1) is 0 Å². The number of unbranched alkanes of at least 4 members (excludes halogenated alkanes) is 1. The van der Waals surface area contributed by atoms with Gasteiger partial charge in [0.05, 0.1) is 13.1 Å². The van der Waals surface area contributed by atoms with Gasteiger partial charge < -0.3 is 15.1 Å². The summed E-state index contributed by atoms with van der Waals surface area (Å²) in [6, 6.07) is 16.2. The first-order valence-electron chi connectivity index (χ1n) is 12.1. The van der Waals surface area contributed by atoms with Crippen LogP contribution in [0.25, 0.3) is 0 Å². The van der Waals surface area contributed by atoms with Gasteiger partial charge in [-0.15, -0.1) is 0 Å². The second-order valence-electron chi connectivity index (χ2n) is 9.09. The SMILES string of the molecule is CCCC[C@H]1C(=O)N(Cc2cccc(Cl)c2)C[C@H]2N1C(=O)CN(C)N2C(=O)NCc1ccccc1. The third-order valence-corrected chi connectivity index (χ3v) is 6.76. The number of piperazine rings is 1. The fourth-order valence-electron chi connectivity index (χ4n) is 4.83. The maximum absolute atomic E-state index is 13.6. The summed E-state index contributed by atoms with van der Waals surface area (Å²) in [5.74, 6) is -0.223. The number of hydrazine groups is 1. The van der Waals surface area contributed by atoms with E-state index >= 15 is 0 Å². The quantitative estimate of drug-likeness (QED) is 0.635. The average molecular weight is 498 g/mol. The summed E-state index contributed by atoms with van der Waals surface area (Å²) >= 11 is 6.17. The van der Waals surface area contributed by atoms with E-state index in [1.165, 1.54) is 0 Å². The van der Waals surface area contributed by atoms with E-state index in [-0.39, 0.29) is 30.9 Å². The molecule has 4 rings (SSSR count). The van der Waals surface area contributed by atoms with Gasteiger partial charge in [0.1, 0.15) is 12.2 Å². The van der Waals surface area contributed by atoms with Crippen molar-refractivity contribution in [3.05, 3.63) is 70.7 Å². The molecule has 0 spiro atoms. The van der Waals surface area contributed by atoms with Crippen molar-refractivity contribution in [3.63, 3.8) is 0 Å². The Bertz CT molecular complexity index is 1070. The molecular weight excluding hydrogens is 466 g/mol. The van der Waals surface area contributed by atoms with Crippen LogP contribution in [0.4, 0.5) is 4.79 Å². The monoisotopic (exact) mass is 497 g/mol. The zero-order valence-corrected chi connectivity index (χ0v) is 20.9. The van der Waals surface area contributed by atoms with Crippen molar-refractivity contribution in [2.75, 3.05) is 20.1 Å². The molecule has 2 aliphatic rings. The third kappa shape index (κ3) is 5.60. The fourth-order valence-corrected chi connectivity index (χ4v) is 5.04. The highest BCUT2D eigenvalue weighted by molar-refractivity contribution is 6.30. The second-order valence-corrected chi connectivity index (χ2v) is 9.53. The lowest BCUT2D eigenvalue weighted by molar-refractivity contribution is -0.188. The first-order valence-corrected chi connectivity index (χ1v) is 12.4. The van der Waals surface area contributed by atoms with E-state index in [2.05, 4.69) is 12.2 Å². The molecule has 0 radical (unpaired) electrons. The zero-order valence-electron chi connectivity index (χ0n) is 20.2. The Morgan fingerprint density at radius 3 is 2.54 bits per heavy atom. The van der Waals surface area contributed by atoms with Gasteiger partial charge in [-0.25, -0.2) is 14.8 Å². The number of nitrogens with zero attached hydrogens (tertiary/aromatic N) is 4. The summed E-state index contributed by atoms with van der Waals surface area (Å²) in [4.78, 5) is 43.5. The van der Waals surface area contributed by atoms with Crippen molar-refractivity contribution in [1.82, 2.24) is 25.1 Å². The summed E-state index contributed by atoms with van der Waals surface area (Å²) in [6.45, 7) is 3.06. The summed E-state index contributed by atoms with van der Waals surface area (Å²) in [5.41, 5.74) is 1.89. The van der Waals surface area contributed by atoms with Crippen LogP contribution >= 0.6 is 11.6 Å². The van der Waals surface area contributed by atoms with Crippen LogP contribution in [0.1, 0.15) is 37.3 Å². The summed E-state index contributed by atoms with van der Waals surface area (Å²) in [6.07, 6.45) is 1.70. The highest BCUT2D eigenvalue weighted by atomic mass is 35.5. The van der Waals surface area contributed by atoms with Crippen molar-refractivity contribution in [1.29, 1.82) is 0 Å². The predicted octanol–water partition coefficient (Wildman–Crippen LogP) is 3.47. The number of carbonyl (C=O) groups is 3. The largest absolute Gasteiger partial charge is 0.334 e. The topological polar surface area (TPSA) is 76.2 Å². The maximum Gasteiger partial charge on any atom is 0.334 e. The minimum Gasteiger partial charge on any atom is -0.333 e. The van der Waals surface area contributed by atoms with Crippen molar-refractivity contribution < 1.29 is 14.4 Å². The Morgan fingerprint density at radius 2 is 1.83 bits per heavy atom. The van der Waals surface area contributed by atoms with Crippen molar-refractivity contribution in [2.24, 2.45) is 0 Å². The van der Waals surface area contributed by atoms with Crippen molar-refractivity contribution in [2.45, 2.75) is 51.5 Å². The van der Waals surface area contributed by atoms with E-state index in [1.807, 2.05) is 48.5 Å². The van der Waals surface area contributed by atoms with Gasteiger partial charge in [0.15, 0.2) is 0 Å². The predicted molar refractivity (Wildman–Crippen MR) is 134 cm³/mol. The Morgan fingerprint density at radius 1 is 1.09 bits per heavy atom. The Labute approximate surface area is 211 Å². The highest BCUT2D eigenvalue weighted by Crippen LogP contribution is 2.29. The number of halogens is 1. The Hall–Kier alpha value is -3.10. The number of hydrogen-bond acceptors (Lipinski definition) is 4. The number of rotatable bonds is 7. The number of amides is 4. The molecule has 2 atom stereocenters. The van der Waals surface area contributed by atoms with Crippen molar-refractivity contribution in [3.8, 4) is 0 Å². The van der Waals surface area contributed by atoms with Crippen LogP contribution in [0.15, 0.2) is 54.6 Å². The van der Waals surface area contributed by atoms with Gasteiger partial charge in [0, 0.05) is 25.2 Å². The molecule has 2 aromatic rings. The van der Waals surface area contributed by atoms with E-state index in [0.717, 1.165) is 24.0 Å². The number of likely N-dealkylation sites (N-methyl/N-ethyl adjacent to an activating group) is 1. The van der Waals surface area contributed by atoms with Gasteiger partial charge in [-0.3, -0.25) is 9.59 Å². The molecule has 2 fully saturated rings. The van der Waals surface area contributed by atoms with Crippen LogP contribution in [0.5, 0.6) is 0 Å². The van der Waals surface area contributed by atoms with Gasteiger partial charge in [-0.2, -0.15) is 0 Å². The van der Waals surface area contributed by atoms with E-state index in [1.54, 1.807) is 32.9 Å². The lowest BCUT2D eigenvalue weighted by Crippen LogP contribution is -2.75. The number of nitrogens with one attached hydrogen (secondary N) is 1. The minimum atomic E-state index is -0.599. The normalized spacial score (nSPS) is 20.7. The molecule has 2 aromatic carbocycles. The van der Waals surface area contributed by atoms with Gasteiger partial charge >= 0.3 is 6.03 Å². The summed E-state index contributed by atoms with van der Waals surface area (Å²) in [5, 5.41) is 6.81. The van der Waals surface area contributed by atoms with Crippen LogP contribution in [0.3, 0.4) is 0 Å². The molecule has 8 nitrogen and oxygen atoms in total. The van der Waals surface area contributed by atoms with Crippen LogP contribution in [0.2, 0.25) is 5.02 Å². The second kappa shape index (κ2) is 11.1. The number of urea groups is 1. The molecule has 4 amide bonds. The fraction of sp³-hybridized carbons (Fsp3) is 0.423. The summed E-state index contributed by atoms with van der Waals surface area (Å²) in [7, 11) is 1.73. The zero-order chi connectivity index (χ0) is 24.9. The number of fused-ring (bicyclic) bond motifs is 1. The molecule has 0 bridgehead atoms. The van der Waals surface area contributed by atoms with Gasteiger partial charge in [0.25, 0.3) is 0 Å². The molecule has 0 aromatic heterocycles. The molecule has 2 saturated heterocycles. The number of hydrogen-bond donors (Lipinski definition) is 1. The Kier molecular flexibility index (Phi) is 7.93. The lowest BCUT2D eigenvalue weighted by atomic mass is 10.0. The summed E-state index contributed by atoms with van der Waals surface area (Å²) < 4.78 is 0. The van der Waals surface area contributed by atoms with Crippen LogP contribution in [-0.2, 0) is 22.7 Å². The molecule has 35 heavy (non-hydrogen) atoms. The molecule has 186 valence electrons. The smallest absolute Gasteiger partial charge is 0.333 e. The van der Waals surface area contributed by atoms with Crippen LogP contribution < -0.4 is 5.32 Å². The maximum atomic E-state index is 13.6. The molecule has 2 aliphatic heterocycles. The number of benzene rings is 2. The van der Waals surface area contributed by atoms with Crippen molar-refractivity contribution >= 4 is 29.4 Å². The molecule has 0 saturated carbocycles. The van der Waals surface area contributed by atoms with Crippen LogP contribution in [-0.4, -0.2) is 70.0 Å². The molecular formula is C26H32ClN5O3. The molecule has 2 heterocycles. The van der Waals surface area contributed by atoms with Gasteiger partial charge in [-0.1, -0.05) is 73.8 Å². The molecule has 0 unspecified atom stereocenters. The van der Waals surface area contributed by atoms with Gasteiger partial charge in [-0.05, 0) is 29.7 Å². The number of carbonyl (C=O) groups excluding carboxylic acids is 3. The first-order chi connectivity index (χ1) is 16.9. The molecule has 0 aliphatic carbocycles. The lowest BCUT2D eigenvalue weighted by Gasteiger charge is -2.54. The Balaban J connectivity index is 1.60. The average Bonchev–Trinajstić information content (AvgIpc) is 2.83.